The minimum atomic E-state index is -0.982. The molecule has 1 unspecified atom stereocenters. The van der Waals surface area contributed by atoms with Crippen molar-refractivity contribution in [1.29, 1.82) is 0 Å². The molecule has 2 aromatic rings. The van der Waals surface area contributed by atoms with E-state index in [1.165, 1.54) is 12.1 Å². The summed E-state index contributed by atoms with van der Waals surface area (Å²) in [6.07, 6.45) is -0.982. The van der Waals surface area contributed by atoms with Crippen LogP contribution in [-0.2, 0) is 0 Å². The molecule has 0 saturated carbocycles. The second-order valence-electron chi connectivity index (χ2n) is 3.56. The third-order valence-corrected chi connectivity index (χ3v) is 2.47. The molecular weight excluding hydrogens is 205 g/mol. The first-order valence-corrected chi connectivity index (χ1v) is 4.97. The summed E-state index contributed by atoms with van der Waals surface area (Å²) in [4.78, 5) is 0. The summed E-state index contributed by atoms with van der Waals surface area (Å²) >= 11 is 0. The van der Waals surface area contributed by atoms with E-state index in [0.29, 0.717) is 5.56 Å². The van der Waals surface area contributed by atoms with Crippen molar-refractivity contribution in [2.45, 2.75) is 6.10 Å². The Kier molecular flexibility index (Phi) is 2.88. The molecule has 0 radical (unpaired) electrons. The molecule has 0 saturated heterocycles. The van der Waals surface area contributed by atoms with Crippen LogP contribution in [0.25, 0.3) is 0 Å². The van der Waals surface area contributed by atoms with Crippen LogP contribution in [0.4, 0.5) is 10.1 Å². The fourth-order valence-corrected chi connectivity index (χ4v) is 1.59. The Balaban J connectivity index is 2.42. The molecule has 0 bridgehead atoms. The first-order chi connectivity index (χ1) is 7.70. The van der Waals surface area contributed by atoms with Crippen molar-refractivity contribution < 1.29 is 9.50 Å². The highest BCUT2D eigenvalue weighted by Gasteiger charge is 2.15. The first-order valence-electron chi connectivity index (χ1n) is 4.97. The van der Waals surface area contributed by atoms with Crippen LogP contribution >= 0.6 is 0 Å². The number of benzene rings is 2. The monoisotopic (exact) mass is 217 g/mol. The van der Waals surface area contributed by atoms with Crippen molar-refractivity contribution in [1.82, 2.24) is 0 Å². The Bertz CT molecular complexity index is 485. The van der Waals surface area contributed by atoms with Gasteiger partial charge in [-0.3, -0.25) is 0 Å². The van der Waals surface area contributed by atoms with Gasteiger partial charge in [0.15, 0.2) is 5.82 Å². The molecule has 0 heterocycles. The minimum Gasteiger partial charge on any atom is -0.396 e. The topological polar surface area (TPSA) is 46.2 Å². The molecule has 1 atom stereocenters. The van der Waals surface area contributed by atoms with E-state index in [2.05, 4.69) is 0 Å². The fraction of sp³-hybridized carbons (Fsp3) is 0.0769. The van der Waals surface area contributed by atoms with Crippen LogP contribution in [0, 0.1) is 5.82 Å². The summed E-state index contributed by atoms with van der Waals surface area (Å²) < 4.78 is 13.7. The highest BCUT2D eigenvalue weighted by Crippen LogP contribution is 2.26. The average Bonchev–Trinajstić information content (AvgIpc) is 2.33. The van der Waals surface area contributed by atoms with Gasteiger partial charge in [0.25, 0.3) is 0 Å². The molecule has 2 nitrogen and oxygen atoms in total. The smallest absolute Gasteiger partial charge is 0.152 e. The van der Waals surface area contributed by atoms with Crippen molar-refractivity contribution in [3.63, 3.8) is 0 Å². The molecule has 82 valence electrons. The molecular formula is C13H12FNO. The van der Waals surface area contributed by atoms with Gasteiger partial charge in [-0.25, -0.2) is 4.39 Å². The highest BCUT2D eigenvalue weighted by atomic mass is 19.1. The largest absolute Gasteiger partial charge is 0.396 e. The lowest BCUT2D eigenvalue weighted by atomic mass is 10.0. The Morgan fingerprint density at radius 3 is 2.38 bits per heavy atom. The van der Waals surface area contributed by atoms with Crippen molar-refractivity contribution >= 4 is 5.69 Å². The summed E-state index contributed by atoms with van der Waals surface area (Å²) in [7, 11) is 0. The standard InChI is InChI=1S/C13H12FNO/c14-12-10(7-4-8-11(12)15)13(16)9-5-2-1-3-6-9/h1-8,13,16H,15H2. The zero-order valence-corrected chi connectivity index (χ0v) is 8.60. The van der Waals surface area contributed by atoms with E-state index in [0.717, 1.165) is 0 Å². The Morgan fingerprint density at radius 2 is 1.69 bits per heavy atom. The van der Waals surface area contributed by atoms with Gasteiger partial charge in [0.2, 0.25) is 0 Å². The van der Waals surface area contributed by atoms with Gasteiger partial charge in [-0.1, -0.05) is 42.5 Å². The number of anilines is 1. The lowest BCUT2D eigenvalue weighted by Gasteiger charge is -2.13. The molecule has 2 aromatic carbocycles. The van der Waals surface area contributed by atoms with E-state index < -0.39 is 11.9 Å². The van der Waals surface area contributed by atoms with Crippen molar-refractivity contribution in [3.8, 4) is 0 Å². The zero-order chi connectivity index (χ0) is 11.5. The Labute approximate surface area is 93.2 Å². The first kappa shape index (κ1) is 10.6. The molecule has 0 spiro atoms. The van der Waals surface area contributed by atoms with Gasteiger partial charge in [-0.2, -0.15) is 0 Å². The maximum atomic E-state index is 13.7. The van der Waals surface area contributed by atoms with E-state index in [4.69, 9.17) is 5.73 Å². The van der Waals surface area contributed by atoms with Gasteiger partial charge in [-0.15, -0.1) is 0 Å². The number of aliphatic hydroxyl groups is 1. The van der Waals surface area contributed by atoms with E-state index in [-0.39, 0.29) is 11.3 Å². The maximum absolute atomic E-state index is 13.7. The zero-order valence-electron chi connectivity index (χ0n) is 8.60. The SMILES string of the molecule is Nc1cccc(C(O)c2ccccc2)c1F. The molecule has 0 aliphatic carbocycles. The normalized spacial score (nSPS) is 12.4. The number of rotatable bonds is 2. The number of halogens is 1. The molecule has 0 aliphatic heterocycles. The molecule has 3 N–H and O–H groups in total. The highest BCUT2D eigenvalue weighted by molar-refractivity contribution is 5.45. The molecule has 3 heteroatoms. The van der Waals surface area contributed by atoms with Crippen LogP contribution in [0.2, 0.25) is 0 Å². The quantitative estimate of drug-likeness (QED) is 0.759. The van der Waals surface area contributed by atoms with Crippen LogP contribution in [0.5, 0.6) is 0 Å². The molecule has 0 aliphatic rings. The van der Waals surface area contributed by atoms with E-state index in [1.54, 1.807) is 30.3 Å². The van der Waals surface area contributed by atoms with Crippen LogP contribution in [-0.4, -0.2) is 5.11 Å². The maximum Gasteiger partial charge on any atom is 0.152 e. The van der Waals surface area contributed by atoms with Gasteiger partial charge < -0.3 is 10.8 Å². The fourth-order valence-electron chi connectivity index (χ4n) is 1.59. The predicted octanol–water partition coefficient (Wildman–Crippen LogP) is 2.49. The third-order valence-electron chi connectivity index (χ3n) is 2.47. The minimum absolute atomic E-state index is 0.0486. The predicted molar refractivity (Wildman–Crippen MR) is 61.3 cm³/mol. The van der Waals surface area contributed by atoms with Crippen molar-refractivity contribution in [2.75, 3.05) is 5.73 Å². The second kappa shape index (κ2) is 4.33. The van der Waals surface area contributed by atoms with Crippen LogP contribution in [0.3, 0.4) is 0 Å². The lowest BCUT2D eigenvalue weighted by Crippen LogP contribution is -2.04. The van der Waals surface area contributed by atoms with Crippen LogP contribution < -0.4 is 5.73 Å². The van der Waals surface area contributed by atoms with Gasteiger partial charge in [0.1, 0.15) is 6.10 Å². The number of nitrogens with two attached hydrogens (primary N) is 1. The number of aliphatic hydroxyl groups excluding tert-OH is 1. The summed E-state index contributed by atoms with van der Waals surface area (Å²) in [5, 5.41) is 10.0. The average molecular weight is 217 g/mol. The summed E-state index contributed by atoms with van der Waals surface area (Å²) in [6, 6.07) is 13.5. The Hall–Kier alpha value is -1.87. The summed E-state index contributed by atoms with van der Waals surface area (Å²) in [6.45, 7) is 0. The van der Waals surface area contributed by atoms with Gasteiger partial charge >= 0.3 is 0 Å². The molecule has 16 heavy (non-hydrogen) atoms. The molecule has 0 fully saturated rings. The van der Waals surface area contributed by atoms with Crippen LogP contribution in [0.1, 0.15) is 17.2 Å². The van der Waals surface area contributed by atoms with E-state index in [1.807, 2.05) is 6.07 Å². The Morgan fingerprint density at radius 1 is 1.00 bits per heavy atom. The van der Waals surface area contributed by atoms with Gasteiger partial charge in [-0.05, 0) is 11.6 Å². The summed E-state index contributed by atoms with van der Waals surface area (Å²) in [5.41, 5.74) is 6.34. The van der Waals surface area contributed by atoms with E-state index in [9.17, 15) is 9.50 Å². The number of nitrogen functional groups attached to an aromatic ring is 1. The molecule has 2 rings (SSSR count). The number of hydrogen-bond acceptors (Lipinski definition) is 2. The van der Waals surface area contributed by atoms with Gasteiger partial charge in [0.05, 0.1) is 5.69 Å². The third kappa shape index (κ3) is 1.90. The van der Waals surface area contributed by atoms with Crippen LogP contribution in [0.15, 0.2) is 48.5 Å². The molecule has 0 amide bonds. The lowest BCUT2D eigenvalue weighted by molar-refractivity contribution is 0.215. The van der Waals surface area contributed by atoms with Gasteiger partial charge in [0, 0.05) is 5.56 Å². The van der Waals surface area contributed by atoms with E-state index >= 15 is 0 Å². The molecule has 0 aromatic heterocycles. The van der Waals surface area contributed by atoms with Crippen molar-refractivity contribution in [3.05, 3.63) is 65.5 Å². The number of hydrogen-bond donors (Lipinski definition) is 2. The second-order valence-corrected chi connectivity index (χ2v) is 3.56. The van der Waals surface area contributed by atoms with Crippen molar-refractivity contribution in [2.24, 2.45) is 0 Å². The summed E-state index contributed by atoms with van der Waals surface area (Å²) in [5.74, 6) is -0.557.